The van der Waals surface area contributed by atoms with E-state index in [-0.39, 0.29) is 5.91 Å². The van der Waals surface area contributed by atoms with Crippen molar-refractivity contribution in [1.29, 1.82) is 0 Å². The Kier molecular flexibility index (Phi) is 2.29. The van der Waals surface area contributed by atoms with Crippen molar-refractivity contribution in [2.45, 2.75) is 13.5 Å². The van der Waals surface area contributed by atoms with E-state index in [0.29, 0.717) is 0 Å². The second-order valence-corrected chi connectivity index (χ2v) is 3.97. The first-order valence-electron chi connectivity index (χ1n) is 4.56. The third-order valence-corrected chi connectivity index (χ3v) is 3.15. The van der Waals surface area contributed by atoms with Crippen LogP contribution in [0.25, 0.3) is 10.2 Å². The second-order valence-electron chi connectivity index (χ2n) is 3.02. The molecule has 0 aromatic carbocycles. The summed E-state index contributed by atoms with van der Waals surface area (Å²) in [7, 11) is 1.66. The molecule has 14 heavy (non-hydrogen) atoms. The molecule has 2 rings (SSSR count). The smallest absolute Gasteiger partial charge is 0.267 e. The fourth-order valence-electron chi connectivity index (χ4n) is 1.63. The van der Waals surface area contributed by atoms with Gasteiger partial charge in [-0.2, -0.15) is 0 Å². The van der Waals surface area contributed by atoms with Gasteiger partial charge in [0.25, 0.3) is 5.91 Å². The molecule has 0 atom stereocenters. The van der Waals surface area contributed by atoms with Crippen molar-refractivity contribution >= 4 is 27.5 Å². The van der Waals surface area contributed by atoms with Crippen LogP contribution in [0, 0.1) is 0 Å². The molecule has 0 bridgehead atoms. The van der Waals surface area contributed by atoms with Gasteiger partial charge < -0.3 is 9.88 Å². The summed E-state index contributed by atoms with van der Waals surface area (Å²) in [6, 6.07) is 4.00. The predicted molar refractivity (Wildman–Crippen MR) is 58.9 cm³/mol. The number of fused-ring (bicyclic) bond motifs is 1. The molecule has 1 N–H and O–H groups in total. The monoisotopic (exact) mass is 208 g/mol. The number of aromatic nitrogens is 1. The number of aryl methyl sites for hydroxylation is 1. The van der Waals surface area contributed by atoms with Crippen LogP contribution in [0.4, 0.5) is 0 Å². The van der Waals surface area contributed by atoms with Crippen molar-refractivity contribution in [2.24, 2.45) is 0 Å². The summed E-state index contributed by atoms with van der Waals surface area (Å²) in [4.78, 5) is 11.5. The van der Waals surface area contributed by atoms with Crippen LogP contribution >= 0.6 is 11.3 Å². The maximum absolute atomic E-state index is 11.5. The van der Waals surface area contributed by atoms with Crippen LogP contribution in [0.15, 0.2) is 17.5 Å². The zero-order chi connectivity index (χ0) is 10.1. The SMILES string of the molecule is CCn1c(C(=O)NC)cc2sccc21. The summed E-state index contributed by atoms with van der Waals surface area (Å²) in [6.45, 7) is 2.87. The van der Waals surface area contributed by atoms with Crippen LogP contribution in [0.3, 0.4) is 0 Å². The van der Waals surface area contributed by atoms with Crippen LogP contribution in [0.5, 0.6) is 0 Å². The highest BCUT2D eigenvalue weighted by Gasteiger charge is 2.13. The first-order chi connectivity index (χ1) is 6.77. The number of hydrogen-bond acceptors (Lipinski definition) is 2. The summed E-state index contributed by atoms with van der Waals surface area (Å²) < 4.78 is 3.20. The number of carbonyl (C=O) groups excluding carboxylic acids is 1. The highest BCUT2D eigenvalue weighted by atomic mass is 32.1. The summed E-state index contributed by atoms with van der Waals surface area (Å²) in [5.74, 6) is -0.0183. The third-order valence-electron chi connectivity index (χ3n) is 2.30. The van der Waals surface area contributed by atoms with Crippen LogP contribution < -0.4 is 5.32 Å². The molecule has 0 aliphatic rings. The highest BCUT2D eigenvalue weighted by molar-refractivity contribution is 7.17. The molecule has 2 heterocycles. The lowest BCUT2D eigenvalue weighted by atomic mass is 10.4. The Hall–Kier alpha value is -1.29. The van der Waals surface area contributed by atoms with E-state index < -0.39 is 0 Å². The quantitative estimate of drug-likeness (QED) is 0.805. The molecular weight excluding hydrogens is 196 g/mol. The molecule has 2 aromatic heterocycles. The molecule has 0 unspecified atom stereocenters. The number of carbonyl (C=O) groups is 1. The summed E-state index contributed by atoms with van der Waals surface area (Å²) in [5.41, 5.74) is 1.90. The Morgan fingerprint density at radius 2 is 2.43 bits per heavy atom. The van der Waals surface area contributed by atoms with Crippen molar-refractivity contribution < 1.29 is 4.79 Å². The van der Waals surface area contributed by atoms with E-state index in [9.17, 15) is 4.79 Å². The minimum atomic E-state index is -0.0183. The van der Waals surface area contributed by atoms with Gasteiger partial charge in [0.2, 0.25) is 0 Å². The minimum absolute atomic E-state index is 0.0183. The van der Waals surface area contributed by atoms with Crippen LogP contribution in [0.1, 0.15) is 17.4 Å². The van der Waals surface area contributed by atoms with Crippen LogP contribution in [0.2, 0.25) is 0 Å². The van der Waals surface area contributed by atoms with E-state index in [1.165, 1.54) is 4.70 Å². The van der Waals surface area contributed by atoms with E-state index in [4.69, 9.17) is 0 Å². The van der Waals surface area contributed by atoms with Gasteiger partial charge in [-0.25, -0.2) is 0 Å². The minimum Gasteiger partial charge on any atom is -0.354 e. The molecule has 0 aliphatic heterocycles. The molecule has 1 amide bonds. The first-order valence-corrected chi connectivity index (χ1v) is 5.44. The van der Waals surface area contributed by atoms with Gasteiger partial charge in [0.05, 0.1) is 10.2 Å². The molecule has 2 aromatic rings. The lowest BCUT2D eigenvalue weighted by Gasteiger charge is -2.04. The van der Waals surface area contributed by atoms with Crippen LogP contribution in [-0.4, -0.2) is 17.5 Å². The largest absolute Gasteiger partial charge is 0.354 e. The maximum atomic E-state index is 11.5. The molecule has 0 spiro atoms. The molecule has 0 radical (unpaired) electrons. The Labute approximate surface area is 86.3 Å². The zero-order valence-corrected chi connectivity index (χ0v) is 9.02. The first kappa shape index (κ1) is 9.27. The molecule has 4 heteroatoms. The van der Waals surface area contributed by atoms with E-state index in [1.807, 2.05) is 22.9 Å². The van der Waals surface area contributed by atoms with E-state index in [1.54, 1.807) is 18.4 Å². The van der Waals surface area contributed by atoms with Crippen molar-refractivity contribution in [3.63, 3.8) is 0 Å². The number of nitrogens with one attached hydrogen (secondary N) is 1. The molecule has 0 saturated carbocycles. The number of thiophene rings is 1. The number of rotatable bonds is 2. The number of nitrogens with zero attached hydrogens (tertiary/aromatic N) is 1. The summed E-state index contributed by atoms with van der Waals surface area (Å²) >= 11 is 1.66. The molecule has 0 saturated heterocycles. The van der Waals surface area contributed by atoms with Gasteiger partial charge in [0, 0.05) is 13.6 Å². The van der Waals surface area contributed by atoms with Crippen molar-refractivity contribution in [1.82, 2.24) is 9.88 Å². The van der Waals surface area contributed by atoms with Gasteiger partial charge in [-0.15, -0.1) is 11.3 Å². The van der Waals surface area contributed by atoms with Gasteiger partial charge in [-0.05, 0) is 24.4 Å². The van der Waals surface area contributed by atoms with Crippen molar-refractivity contribution in [3.8, 4) is 0 Å². The lowest BCUT2D eigenvalue weighted by Crippen LogP contribution is -2.21. The second kappa shape index (κ2) is 3.46. The van der Waals surface area contributed by atoms with Gasteiger partial charge in [-0.1, -0.05) is 0 Å². The molecule has 74 valence electrons. The van der Waals surface area contributed by atoms with Crippen molar-refractivity contribution in [2.75, 3.05) is 7.05 Å². The molecule has 0 fully saturated rings. The summed E-state index contributed by atoms with van der Waals surface area (Å²) in [6.07, 6.45) is 0. The number of amides is 1. The average Bonchev–Trinajstić information content (AvgIpc) is 2.74. The normalized spacial score (nSPS) is 10.7. The van der Waals surface area contributed by atoms with Gasteiger partial charge >= 0.3 is 0 Å². The summed E-state index contributed by atoms with van der Waals surface area (Å²) in [5, 5.41) is 4.70. The Balaban J connectivity index is 2.63. The molecule has 0 aliphatic carbocycles. The van der Waals surface area contributed by atoms with E-state index >= 15 is 0 Å². The maximum Gasteiger partial charge on any atom is 0.267 e. The van der Waals surface area contributed by atoms with Gasteiger partial charge in [0.15, 0.2) is 0 Å². The van der Waals surface area contributed by atoms with E-state index in [0.717, 1.165) is 17.8 Å². The molecule has 3 nitrogen and oxygen atoms in total. The fraction of sp³-hybridized carbons (Fsp3) is 0.300. The highest BCUT2D eigenvalue weighted by Crippen LogP contribution is 2.24. The van der Waals surface area contributed by atoms with Crippen molar-refractivity contribution in [3.05, 3.63) is 23.2 Å². The Morgan fingerprint density at radius 1 is 1.64 bits per heavy atom. The van der Waals surface area contributed by atoms with Gasteiger partial charge in [-0.3, -0.25) is 4.79 Å². The molecular formula is C10H12N2OS. The average molecular weight is 208 g/mol. The Bertz CT molecular complexity index is 469. The lowest BCUT2D eigenvalue weighted by molar-refractivity contribution is 0.0954. The number of hydrogen-bond donors (Lipinski definition) is 1. The van der Waals surface area contributed by atoms with Gasteiger partial charge in [0.1, 0.15) is 5.69 Å². The van der Waals surface area contributed by atoms with E-state index in [2.05, 4.69) is 11.4 Å². The standard InChI is InChI=1S/C10H12N2OS/c1-3-12-7-4-5-14-9(7)6-8(12)10(13)11-2/h4-6H,3H2,1-2H3,(H,11,13). The third kappa shape index (κ3) is 1.23. The fourth-order valence-corrected chi connectivity index (χ4v) is 2.46. The predicted octanol–water partition coefficient (Wildman–Crippen LogP) is 2.08. The van der Waals surface area contributed by atoms with Crippen LogP contribution in [-0.2, 0) is 6.54 Å². The Morgan fingerprint density at radius 3 is 3.07 bits per heavy atom. The zero-order valence-electron chi connectivity index (χ0n) is 8.20. The topological polar surface area (TPSA) is 34.0 Å².